The summed E-state index contributed by atoms with van der Waals surface area (Å²) in [6.45, 7) is 1.04. The van der Waals surface area contributed by atoms with Gasteiger partial charge in [0.05, 0.1) is 34.9 Å². The molecule has 0 bridgehead atoms. The van der Waals surface area contributed by atoms with E-state index in [2.05, 4.69) is 14.8 Å². The first kappa shape index (κ1) is 20.8. The second kappa shape index (κ2) is 9.06. The summed E-state index contributed by atoms with van der Waals surface area (Å²) in [6, 6.07) is 11.8. The van der Waals surface area contributed by atoms with Gasteiger partial charge in [0.25, 0.3) is 15.9 Å². The number of methoxy groups -OCH3 is 1. The Morgan fingerprint density at radius 1 is 1.17 bits per heavy atom. The zero-order chi connectivity index (χ0) is 20.9. The summed E-state index contributed by atoms with van der Waals surface area (Å²) in [5, 5.41) is 2.78. The average molecular weight is 418 g/mol. The Hall–Kier alpha value is -2.91. The van der Waals surface area contributed by atoms with Gasteiger partial charge in [0.15, 0.2) is 0 Å². The Morgan fingerprint density at radius 2 is 1.97 bits per heavy atom. The number of ether oxygens (including phenoxy) is 2. The fourth-order valence-corrected chi connectivity index (χ4v) is 4.11. The third-order valence-corrected chi connectivity index (χ3v) is 5.86. The highest BCUT2D eigenvalue weighted by Gasteiger charge is 2.21. The van der Waals surface area contributed by atoms with Gasteiger partial charge in [-0.1, -0.05) is 18.2 Å². The number of hydrogen-bond acceptors (Lipinski definition) is 6. The van der Waals surface area contributed by atoms with E-state index in [9.17, 15) is 18.0 Å². The summed E-state index contributed by atoms with van der Waals surface area (Å²) in [7, 11) is -2.81. The highest BCUT2D eigenvalue weighted by atomic mass is 32.2. The topological polar surface area (TPSA) is 111 Å². The van der Waals surface area contributed by atoms with E-state index in [-0.39, 0.29) is 27.8 Å². The number of rotatable bonds is 7. The maximum atomic E-state index is 12.8. The van der Waals surface area contributed by atoms with E-state index >= 15 is 0 Å². The Bertz CT molecular complexity index is 1000. The Morgan fingerprint density at radius 3 is 2.69 bits per heavy atom. The molecule has 29 heavy (non-hydrogen) atoms. The molecule has 1 aliphatic rings. The first-order valence-corrected chi connectivity index (χ1v) is 10.6. The van der Waals surface area contributed by atoms with Crippen LogP contribution in [0.15, 0.2) is 53.4 Å². The van der Waals surface area contributed by atoms with Gasteiger partial charge in [0, 0.05) is 13.2 Å². The maximum absolute atomic E-state index is 12.8. The molecule has 8 nitrogen and oxygen atoms in total. The third-order valence-electron chi connectivity index (χ3n) is 4.50. The van der Waals surface area contributed by atoms with Crippen molar-refractivity contribution in [2.45, 2.75) is 23.8 Å². The largest absolute Gasteiger partial charge is 0.465 e. The van der Waals surface area contributed by atoms with E-state index in [1.54, 1.807) is 12.1 Å². The number of anilines is 1. The molecule has 1 aliphatic heterocycles. The van der Waals surface area contributed by atoms with Crippen LogP contribution in [0.1, 0.15) is 33.6 Å². The molecule has 0 aromatic heterocycles. The molecule has 1 atom stereocenters. The standard InChI is InChI=1S/C20H22N2O6S/c1-27-20(24)14-6-4-8-16(12-14)29(25,26)22-18-10-3-2-9-17(18)19(23)21-13-15-7-5-11-28-15/h2-4,6,8-10,12,15,22H,5,7,11,13H2,1H3,(H,21,23)/t15-/m0/s1. The lowest BCUT2D eigenvalue weighted by Crippen LogP contribution is -2.32. The fourth-order valence-electron chi connectivity index (χ4n) is 2.99. The zero-order valence-corrected chi connectivity index (χ0v) is 16.7. The van der Waals surface area contributed by atoms with Crippen molar-refractivity contribution < 1.29 is 27.5 Å². The van der Waals surface area contributed by atoms with Gasteiger partial charge in [0.1, 0.15) is 0 Å². The number of hydrogen-bond donors (Lipinski definition) is 2. The summed E-state index contributed by atoms with van der Waals surface area (Å²) in [5.41, 5.74) is 0.442. The van der Waals surface area contributed by atoms with Crippen molar-refractivity contribution >= 4 is 27.6 Å². The van der Waals surface area contributed by atoms with Crippen LogP contribution < -0.4 is 10.0 Å². The third kappa shape index (κ3) is 5.12. The molecule has 154 valence electrons. The van der Waals surface area contributed by atoms with Crippen LogP contribution in [-0.2, 0) is 19.5 Å². The van der Waals surface area contributed by atoms with Crippen LogP contribution >= 0.6 is 0 Å². The smallest absolute Gasteiger partial charge is 0.337 e. The van der Waals surface area contributed by atoms with Crippen molar-refractivity contribution in [1.29, 1.82) is 0 Å². The van der Waals surface area contributed by atoms with Crippen molar-refractivity contribution in [3.05, 3.63) is 59.7 Å². The number of carbonyl (C=O) groups excluding carboxylic acids is 2. The van der Waals surface area contributed by atoms with Crippen molar-refractivity contribution in [2.24, 2.45) is 0 Å². The van der Waals surface area contributed by atoms with Gasteiger partial charge in [0.2, 0.25) is 0 Å². The Kier molecular flexibility index (Phi) is 6.50. The van der Waals surface area contributed by atoms with Crippen LogP contribution in [0.4, 0.5) is 5.69 Å². The summed E-state index contributed by atoms with van der Waals surface area (Å²) in [4.78, 5) is 24.1. The minimum Gasteiger partial charge on any atom is -0.465 e. The monoisotopic (exact) mass is 418 g/mol. The molecule has 1 fully saturated rings. The van der Waals surface area contributed by atoms with Gasteiger partial charge in [-0.2, -0.15) is 0 Å². The van der Waals surface area contributed by atoms with Crippen LogP contribution in [-0.4, -0.2) is 46.7 Å². The second-order valence-corrected chi connectivity index (χ2v) is 8.20. The average Bonchev–Trinajstić information content (AvgIpc) is 3.25. The number of nitrogens with one attached hydrogen (secondary N) is 2. The van der Waals surface area contributed by atoms with Gasteiger partial charge in [-0.15, -0.1) is 0 Å². The molecule has 3 rings (SSSR count). The number of carbonyl (C=O) groups is 2. The van der Waals surface area contributed by atoms with Crippen LogP contribution in [0.5, 0.6) is 0 Å². The molecule has 1 heterocycles. The predicted octanol–water partition coefficient (Wildman–Crippen LogP) is 2.18. The molecule has 2 aromatic carbocycles. The van der Waals surface area contributed by atoms with Crippen LogP contribution in [0.3, 0.4) is 0 Å². The lowest BCUT2D eigenvalue weighted by Gasteiger charge is -2.14. The number of amides is 1. The van der Waals surface area contributed by atoms with Gasteiger partial charge < -0.3 is 14.8 Å². The van der Waals surface area contributed by atoms with E-state index in [0.717, 1.165) is 12.8 Å². The lowest BCUT2D eigenvalue weighted by molar-refractivity contribution is 0.0600. The molecule has 0 aliphatic carbocycles. The lowest BCUT2D eigenvalue weighted by atomic mass is 10.1. The van der Waals surface area contributed by atoms with Gasteiger partial charge in [-0.05, 0) is 43.2 Å². The van der Waals surface area contributed by atoms with E-state index in [4.69, 9.17) is 4.74 Å². The first-order chi connectivity index (χ1) is 13.9. The van der Waals surface area contributed by atoms with Crippen molar-refractivity contribution in [1.82, 2.24) is 5.32 Å². The van der Waals surface area contributed by atoms with E-state index < -0.39 is 21.9 Å². The van der Waals surface area contributed by atoms with Gasteiger partial charge in [-0.3, -0.25) is 9.52 Å². The first-order valence-electron chi connectivity index (χ1n) is 9.11. The maximum Gasteiger partial charge on any atom is 0.337 e. The SMILES string of the molecule is COC(=O)c1cccc(S(=O)(=O)Nc2ccccc2C(=O)NC[C@@H]2CCCO2)c1. The number of esters is 1. The quantitative estimate of drug-likeness (QED) is 0.667. The van der Waals surface area contributed by atoms with Crippen molar-refractivity contribution in [3.63, 3.8) is 0 Å². The minimum atomic E-state index is -4.03. The highest BCUT2D eigenvalue weighted by molar-refractivity contribution is 7.92. The molecular weight excluding hydrogens is 396 g/mol. The molecular formula is C20H22N2O6S. The molecule has 2 N–H and O–H groups in total. The number of para-hydroxylation sites is 1. The highest BCUT2D eigenvalue weighted by Crippen LogP contribution is 2.21. The van der Waals surface area contributed by atoms with Crippen LogP contribution in [0.25, 0.3) is 0 Å². The summed E-state index contributed by atoms with van der Waals surface area (Å²) in [5.74, 6) is -1.04. The second-order valence-electron chi connectivity index (χ2n) is 6.52. The molecule has 0 unspecified atom stereocenters. The summed E-state index contributed by atoms with van der Waals surface area (Å²) >= 11 is 0. The summed E-state index contributed by atoms with van der Waals surface area (Å²) in [6.07, 6.45) is 1.82. The van der Waals surface area contributed by atoms with E-state index in [1.165, 1.54) is 43.5 Å². The zero-order valence-electron chi connectivity index (χ0n) is 15.9. The van der Waals surface area contributed by atoms with Gasteiger partial charge >= 0.3 is 5.97 Å². The van der Waals surface area contributed by atoms with Crippen LogP contribution in [0, 0.1) is 0 Å². The van der Waals surface area contributed by atoms with Crippen LogP contribution in [0.2, 0.25) is 0 Å². The summed E-state index contributed by atoms with van der Waals surface area (Å²) < 4.78 is 38.1. The fraction of sp³-hybridized carbons (Fsp3) is 0.300. The number of sulfonamides is 1. The molecule has 1 amide bonds. The molecule has 9 heteroatoms. The Labute approximate surface area is 169 Å². The van der Waals surface area contributed by atoms with Crippen molar-refractivity contribution in [2.75, 3.05) is 25.0 Å². The molecule has 0 saturated carbocycles. The van der Waals surface area contributed by atoms with Crippen molar-refractivity contribution in [3.8, 4) is 0 Å². The Balaban J connectivity index is 1.79. The van der Waals surface area contributed by atoms with E-state index in [0.29, 0.717) is 13.2 Å². The van der Waals surface area contributed by atoms with E-state index in [1.807, 2.05) is 0 Å². The predicted molar refractivity (Wildman–Crippen MR) is 106 cm³/mol. The normalized spacial score (nSPS) is 16.2. The van der Waals surface area contributed by atoms with Gasteiger partial charge in [-0.25, -0.2) is 13.2 Å². The minimum absolute atomic E-state index is 0.0242. The molecule has 0 spiro atoms. The molecule has 1 saturated heterocycles. The number of benzene rings is 2. The molecule has 0 radical (unpaired) electrons. The molecule has 2 aromatic rings.